The normalized spacial score (nSPS) is 12.4. The van der Waals surface area contributed by atoms with E-state index in [9.17, 15) is 4.39 Å². The minimum absolute atomic E-state index is 0.00440. The van der Waals surface area contributed by atoms with Crippen LogP contribution in [0.2, 0.25) is 0 Å². The van der Waals surface area contributed by atoms with Crippen molar-refractivity contribution < 1.29 is 4.39 Å². The monoisotopic (exact) mass is 259 g/mol. The molecule has 2 aromatic rings. The van der Waals surface area contributed by atoms with E-state index in [0.717, 1.165) is 28.9 Å². The average molecular weight is 259 g/mol. The molecule has 0 aliphatic heterocycles. The Morgan fingerprint density at radius 3 is 2.47 bits per heavy atom. The van der Waals surface area contributed by atoms with Crippen LogP contribution >= 0.6 is 0 Å². The molecular formula is C15H18FN3. The molecule has 1 aromatic heterocycles. The van der Waals surface area contributed by atoms with Gasteiger partial charge in [-0.05, 0) is 49.7 Å². The van der Waals surface area contributed by atoms with Crippen LogP contribution in [0.1, 0.15) is 35.5 Å². The van der Waals surface area contributed by atoms with Crippen molar-refractivity contribution in [1.29, 1.82) is 0 Å². The number of nitrogens with one attached hydrogen (secondary N) is 1. The molecule has 0 saturated heterocycles. The van der Waals surface area contributed by atoms with Gasteiger partial charge in [0.2, 0.25) is 0 Å². The molecule has 1 atom stereocenters. The second kappa shape index (κ2) is 5.89. The van der Waals surface area contributed by atoms with Gasteiger partial charge < -0.3 is 5.32 Å². The lowest BCUT2D eigenvalue weighted by atomic mass is 9.96. The van der Waals surface area contributed by atoms with Crippen molar-refractivity contribution >= 4 is 0 Å². The van der Waals surface area contributed by atoms with Gasteiger partial charge in [0.1, 0.15) is 5.82 Å². The summed E-state index contributed by atoms with van der Waals surface area (Å²) in [4.78, 5) is 0. The van der Waals surface area contributed by atoms with Crippen molar-refractivity contribution in [3.63, 3.8) is 0 Å². The lowest BCUT2D eigenvalue weighted by Gasteiger charge is -2.19. The number of aryl methyl sites for hydroxylation is 2. The van der Waals surface area contributed by atoms with E-state index >= 15 is 0 Å². The van der Waals surface area contributed by atoms with E-state index in [0.29, 0.717) is 0 Å². The summed E-state index contributed by atoms with van der Waals surface area (Å²) in [6.07, 6.45) is 0.821. The molecule has 0 aliphatic rings. The molecule has 0 radical (unpaired) electrons. The summed E-state index contributed by atoms with van der Waals surface area (Å²) in [5.41, 5.74) is 3.97. The third-order valence-corrected chi connectivity index (χ3v) is 3.16. The highest BCUT2D eigenvalue weighted by atomic mass is 19.1. The Morgan fingerprint density at radius 1 is 1.21 bits per heavy atom. The maximum absolute atomic E-state index is 13.0. The topological polar surface area (TPSA) is 37.8 Å². The highest BCUT2D eigenvalue weighted by Gasteiger charge is 2.16. The summed E-state index contributed by atoms with van der Waals surface area (Å²) in [5.74, 6) is -0.224. The second-order valence-corrected chi connectivity index (χ2v) is 4.51. The van der Waals surface area contributed by atoms with Crippen molar-refractivity contribution in [3.8, 4) is 0 Å². The van der Waals surface area contributed by atoms with Gasteiger partial charge in [0.15, 0.2) is 0 Å². The fourth-order valence-corrected chi connectivity index (χ4v) is 2.22. The quantitative estimate of drug-likeness (QED) is 0.917. The minimum atomic E-state index is -0.224. The summed E-state index contributed by atoms with van der Waals surface area (Å²) in [6, 6.07) is 8.59. The molecule has 0 spiro atoms. The molecule has 0 aliphatic carbocycles. The molecular weight excluding hydrogens is 241 g/mol. The molecule has 3 nitrogen and oxygen atoms in total. The fraction of sp³-hybridized carbons (Fsp3) is 0.333. The third kappa shape index (κ3) is 2.96. The zero-order chi connectivity index (χ0) is 13.8. The lowest BCUT2D eigenvalue weighted by molar-refractivity contribution is 0.622. The van der Waals surface area contributed by atoms with E-state index in [2.05, 4.69) is 22.4 Å². The first-order chi connectivity index (χ1) is 9.15. The molecule has 0 amide bonds. The SMILES string of the molecule is CCc1nnc(C)cc1C(NC)c1ccc(F)cc1. The maximum Gasteiger partial charge on any atom is 0.123 e. The Hall–Kier alpha value is -1.81. The highest BCUT2D eigenvalue weighted by molar-refractivity contribution is 5.34. The summed E-state index contributed by atoms with van der Waals surface area (Å²) in [5, 5.41) is 11.6. The molecule has 0 saturated carbocycles. The average Bonchev–Trinajstić information content (AvgIpc) is 2.42. The van der Waals surface area contributed by atoms with Crippen LogP contribution in [0.4, 0.5) is 4.39 Å². The van der Waals surface area contributed by atoms with Crippen LogP contribution < -0.4 is 5.32 Å². The number of nitrogens with zero attached hydrogens (tertiary/aromatic N) is 2. The highest BCUT2D eigenvalue weighted by Crippen LogP contribution is 2.24. The van der Waals surface area contributed by atoms with Crippen LogP contribution in [-0.4, -0.2) is 17.2 Å². The van der Waals surface area contributed by atoms with E-state index in [4.69, 9.17) is 0 Å². The molecule has 1 N–H and O–H groups in total. The summed E-state index contributed by atoms with van der Waals surface area (Å²) in [6.45, 7) is 3.98. The van der Waals surface area contributed by atoms with Crippen LogP contribution in [0, 0.1) is 12.7 Å². The van der Waals surface area contributed by atoms with Crippen LogP contribution in [0.3, 0.4) is 0 Å². The molecule has 1 aromatic carbocycles. The second-order valence-electron chi connectivity index (χ2n) is 4.51. The van der Waals surface area contributed by atoms with Crippen molar-refractivity contribution in [3.05, 3.63) is 58.7 Å². The van der Waals surface area contributed by atoms with Gasteiger partial charge in [-0.1, -0.05) is 19.1 Å². The molecule has 2 rings (SSSR count). The van der Waals surface area contributed by atoms with Crippen molar-refractivity contribution in [2.45, 2.75) is 26.3 Å². The first-order valence-corrected chi connectivity index (χ1v) is 6.41. The largest absolute Gasteiger partial charge is 0.309 e. The molecule has 4 heteroatoms. The van der Waals surface area contributed by atoms with E-state index in [1.807, 2.05) is 20.0 Å². The lowest BCUT2D eigenvalue weighted by Crippen LogP contribution is -2.20. The van der Waals surface area contributed by atoms with Gasteiger partial charge >= 0.3 is 0 Å². The van der Waals surface area contributed by atoms with Crippen LogP contribution in [0.15, 0.2) is 30.3 Å². The van der Waals surface area contributed by atoms with E-state index in [-0.39, 0.29) is 11.9 Å². The first-order valence-electron chi connectivity index (χ1n) is 6.41. The molecule has 0 bridgehead atoms. The minimum Gasteiger partial charge on any atom is -0.309 e. The number of aromatic nitrogens is 2. The Kier molecular flexibility index (Phi) is 4.22. The Labute approximate surface area is 112 Å². The Balaban J connectivity index is 2.47. The molecule has 0 fully saturated rings. The Morgan fingerprint density at radius 2 is 1.89 bits per heavy atom. The number of rotatable bonds is 4. The molecule has 1 unspecified atom stereocenters. The predicted octanol–water partition coefficient (Wildman–Crippen LogP) is 2.80. The smallest absolute Gasteiger partial charge is 0.123 e. The molecule has 100 valence electrons. The van der Waals surface area contributed by atoms with Crippen molar-refractivity contribution in [2.24, 2.45) is 0 Å². The van der Waals surface area contributed by atoms with Gasteiger partial charge in [0, 0.05) is 0 Å². The number of halogens is 1. The number of hydrogen-bond acceptors (Lipinski definition) is 3. The van der Waals surface area contributed by atoms with Gasteiger partial charge in [-0.25, -0.2) is 4.39 Å². The van der Waals surface area contributed by atoms with Gasteiger partial charge in [0.25, 0.3) is 0 Å². The summed E-state index contributed by atoms with van der Waals surface area (Å²) in [7, 11) is 1.89. The molecule has 1 heterocycles. The van der Waals surface area contributed by atoms with Crippen LogP contribution in [0.25, 0.3) is 0 Å². The predicted molar refractivity (Wildman–Crippen MR) is 73.4 cm³/mol. The maximum atomic E-state index is 13.0. The van der Waals surface area contributed by atoms with Gasteiger partial charge in [-0.3, -0.25) is 0 Å². The van der Waals surface area contributed by atoms with Crippen molar-refractivity contribution in [2.75, 3.05) is 7.05 Å². The summed E-state index contributed by atoms with van der Waals surface area (Å²) < 4.78 is 13.0. The number of benzene rings is 1. The summed E-state index contributed by atoms with van der Waals surface area (Å²) >= 11 is 0. The van der Waals surface area contributed by atoms with Crippen LogP contribution in [0.5, 0.6) is 0 Å². The van der Waals surface area contributed by atoms with Gasteiger partial charge in [-0.15, -0.1) is 0 Å². The van der Waals surface area contributed by atoms with E-state index < -0.39 is 0 Å². The standard InChI is InChI=1S/C15H18FN3/c1-4-14-13(9-10(2)18-19-14)15(17-3)11-5-7-12(16)8-6-11/h5-9,15,17H,4H2,1-3H3. The van der Waals surface area contributed by atoms with Gasteiger partial charge in [0.05, 0.1) is 17.4 Å². The Bertz CT molecular complexity index is 552. The zero-order valence-corrected chi connectivity index (χ0v) is 11.4. The van der Waals surface area contributed by atoms with E-state index in [1.54, 1.807) is 12.1 Å². The van der Waals surface area contributed by atoms with Crippen molar-refractivity contribution in [1.82, 2.24) is 15.5 Å². The first kappa shape index (κ1) is 13.6. The van der Waals surface area contributed by atoms with E-state index in [1.165, 1.54) is 12.1 Å². The number of hydrogen-bond donors (Lipinski definition) is 1. The van der Waals surface area contributed by atoms with Crippen LogP contribution in [-0.2, 0) is 6.42 Å². The fourth-order valence-electron chi connectivity index (χ4n) is 2.22. The zero-order valence-electron chi connectivity index (χ0n) is 11.4. The molecule has 19 heavy (non-hydrogen) atoms. The van der Waals surface area contributed by atoms with Gasteiger partial charge in [-0.2, -0.15) is 10.2 Å². The third-order valence-electron chi connectivity index (χ3n) is 3.16.